The number of hydrogen-bond acceptors (Lipinski definition) is 7. The van der Waals surface area contributed by atoms with Gasteiger partial charge in [-0.1, -0.05) is 13.8 Å². The van der Waals surface area contributed by atoms with Crippen molar-refractivity contribution in [3.05, 3.63) is 76.0 Å². The predicted octanol–water partition coefficient (Wildman–Crippen LogP) is 3.56. The van der Waals surface area contributed by atoms with E-state index in [0.29, 0.717) is 52.8 Å². The van der Waals surface area contributed by atoms with Crippen LogP contribution in [-0.2, 0) is 42.6 Å². The molecule has 0 fully saturated rings. The second-order valence-electron chi connectivity index (χ2n) is 11.2. The van der Waals surface area contributed by atoms with Gasteiger partial charge < -0.3 is 24.2 Å². The summed E-state index contributed by atoms with van der Waals surface area (Å²) >= 11 is 0. The van der Waals surface area contributed by atoms with Gasteiger partial charge in [-0.15, -0.1) is 0 Å². The third-order valence-corrected chi connectivity index (χ3v) is 7.60. The smallest absolute Gasteiger partial charge is 0.302 e. The zero-order chi connectivity index (χ0) is 28.2. The summed E-state index contributed by atoms with van der Waals surface area (Å²) in [6.45, 7) is 6.87. The molecule has 11 nitrogen and oxygen atoms in total. The Balaban J connectivity index is 1.42. The molecule has 2 N–H and O–H groups in total. The molecule has 11 heteroatoms. The molecule has 5 heterocycles. The van der Waals surface area contributed by atoms with Gasteiger partial charge in [0.2, 0.25) is 0 Å². The Labute approximate surface area is 230 Å². The first-order valence-corrected chi connectivity index (χ1v) is 13.2. The molecule has 206 valence electrons. The molecule has 0 saturated heterocycles. The summed E-state index contributed by atoms with van der Waals surface area (Å²) in [7, 11) is 1.67. The first kappa shape index (κ1) is 25.6. The summed E-state index contributed by atoms with van der Waals surface area (Å²) in [6, 6.07) is 5.55. The molecule has 4 aromatic heterocycles. The van der Waals surface area contributed by atoms with Crippen molar-refractivity contribution >= 4 is 29.2 Å². The van der Waals surface area contributed by atoms with Crippen LogP contribution in [0.15, 0.2) is 47.9 Å². The predicted molar refractivity (Wildman–Crippen MR) is 150 cm³/mol. The zero-order valence-corrected chi connectivity index (χ0v) is 22.9. The number of esters is 1. The SMILES string of the molecule is CC(=O)OCc1c(-c2cc(Nc3cnc[nH]3)c(=O)n(C)c2)ccnc1N1CCn2c(cc3c2CC(C)(C)C3)C1=O. The molecule has 0 saturated carbocycles. The largest absolute Gasteiger partial charge is 0.461 e. The molecule has 40 heavy (non-hydrogen) atoms. The summed E-state index contributed by atoms with van der Waals surface area (Å²) in [4.78, 5) is 51.8. The van der Waals surface area contributed by atoms with E-state index < -0.39 is 5.97 Å². The van der Waals surface area contributed by atoms with E-state index >= 15 is 0 Å². The van der Waals surface area contributed by atoms with Crippen LogP contribution >= 0.6 is 0 Å². The van der Waals surface area contributed by atoms with E-state index in [2.05, 4.69) is 38.7 Å². The molecule has 4 aromatic rings. The highest BCUT2D eigenvalue weighted by atomic mass is 16.5. The van der Waals surface area contributed by atoms with E-state index in [1.807, 2.05) is 6.07 Å². The second kappa shape index (κ2) is 9.51. The molecule has 0 radical (unpaired) electrons. The molecular weight excluding hydrogens is 510 g/mol. The standard InChI is InChI=1S/C29H31N7O4/c1-17(37)40-15-21-20(19-9-22(27(38)34(4)14-19)33-25-13-30-16-32-25)5-6-31-26(21)36-8-7-35-23(28(36)39)10-18-11-29(2,3)12-24(18)35/h5-6,9-10,13-14,16,33H,7-8,11-12,15H2,1-4H3,(H,30,32). The molecule has 1 aliphatic heterocycles. The summed E-state index contributed by atoms with van der Waals surface area (Å²) in [5, 5.41) is 3.07. The van der Waals surface area contributed by atoms with Crippen LogP contribution in [0.2, 0.25) is 0 Å². The Morgan fingerprint density at radius 1 is 1.20 bits per heavy atom. The Hall–Kier alpha value is -4.67. The highest BCUT2D eigenvalue weighted by Gasteiger charge is 2.37. The van der Waals surface area contributed by atoms with Crippen LogP contribution in [-0.4, -0.2) is 42.5 Å². The van der Waals surface area contributed by atoms with Crippen molar-refractivity contribution in [3.8, 4) is 11.1 Å². The number of pyridine rings is 2. The first-order valence-electron chi connectivity index (χ1n) is 13.2. The number of H-pyrrole nitrogens is 1. The van der Waals surface area contributed by atoms with Gasteiger partial charge in [-0.3, -0.25) is 19.3 Å². The van der Waals surface area contributed by atoms with E-state index in [4.69, 9.17) is 4.74 Å². The minimum atomic E-state index is -0.444. The normalized spacial score (nSPS) is 15.6. The van der Waals surface area contributed by atoms with Gasteiger partial charge in [0.05, 0.1) is 12.5 Å². The van der Waals surface area contributed by atoms with E-state index in [0.717, 1.165) is 12.8 Å². The molecular formula is C29H31N7O4. The monoisotopic (exact) mass is 541 g/mol. The van der Waals surface area contributed by atoms with Gasteiger partial charge in [0.15, 0.2) is 0 Å². The number of amides is 1. The van der Waals surface area contributed by atoms with E-state index in [1.165, 1.54) is 29.1 Å². The van der Waals surface area contributed by atoms with Crippen molar-refractivity contribution in [2.75, 3.05) is 16.8 Å². The Kier molecular flexibility index (Phi) is 6.09. The number of imidazole rings is 1. The number of aromatic nitrogens is 5. The number of rotatable bonds is 6. The molecule has 0 atom stereocenters. The molecule has 6 rings (SSSR count). The number of anilines is 3. The number of hydrogen-bond donors (Lipinski definition) is 2. The van der Waals surface area contributed by atoms with Crippen LogP contribution in [0.4, 0.5) is 17.3 Å². The van der Waals surface area contributed by atoms with Crippen molar-refractivity contribution in [1.82, 2.24) is 24.1 Å². The number of aromatic amines is 1. The Morgan fingerprint density at radius 2 is 2.02 bits per heavy atom. The fourth-order valence-electron chi connectivity index (χ4n) is 5.83. The molecule has 1 aliphatic carbocycles. The number of carbonyl (C=O) groups is 2. The summed E-state index contributed by atoms with van der Waals surface area (Å²) in [5.74, 6) is 0.436. The number of ether oxygens (including phenoxy) is 1. The molecule has 1 amide bonds. The van der Waals surface area contributed by atoms with Gasteiger partial charge in [-0.05, 0) is 47.6 Å². The lowest BCUT2D eigenvalue weighted by molar-refractivity contribution is -0.142. The summed E-state index contributed by atoms with van der Waals surface area (Å²) in [5.41, 5.74) is 5.44. The fourth-order valence-corrected chi connectivity index (χ4v) is 5.83. The van der Waals surface area contributed by atoms with Crippen LogP contribution in [0.5, 0.6) is 0 Å². The van der Waals surface area contributed by atoms with Crippen molar-refractivity contribution < 1.29 is 14.3 Å². The quantitative estimate of drug-likeness (QED) is 0.357. The van der Waals surface area contributed by atoms with Gasteiger partial charge in [0, 0.05) is 56.3 Å². The molecule has 2 aliphatic rings. The highest BCUT2D eigenvalue weighted by Crippen LogP contribution is 2.40. The van der Waals surface area contributed by atoms with Gasteiger partial charge in [-0.25, -0.2) is 9.97 Å². The lowest BCUT2D eigenvalue weighted by atomic mass is 9.90. The minimum absolute atomic E-state index is 0.0739. The van der Waals surface area contributed by atoms with Crippen LogP contribution in [0.1, 0.15) is 48.1 Å². The van der Waals surface area contributed by atoms with Gasteiger partial charge in [-0.2, -0.15) is 0 Å². The number of fused-ring (bicyclic) bond motifs is 3. The van der Waals surface area contributed by atoms with Crippen molar-refractivity contribution in [2.45, 2.75) is 46.8 Å². The molecule has 0 spiro atoms. The summed E-state index contributed by atoms with van der Waals surface area (Å²) in [6.07, 6.45) is 8.35. The third kappa shape index (κ3) is 4.47. The van der Waals surface area contributed by atoms with Gasteiger partial charge in [0.25, 0.3) is 11.5 Å². The second-order valence-corrected chi connectivity index (χ2v) is 11.2. The Morgan fingerprint density at radius 3 is 2.77 bits per heavy atom. The van der Waals surface area contributed by atoms with Gasteiger partial charge in [0.1, 0.15) is 29.6 Å². The first-order chi connectivity index (χ1) is 19.1. The fraction of sp³-hybridized carbons (Fsp3) is 0.345. The molecule has 0 unspecified atom stereocenters. The van der Waals surface area contributed by atoms with Crippen LogP contribution < -0.4 is 15.8 Å². The topological polar surface area (TPSA) is 127 Å². The Bertz CT molecular complexity index is 1700. The number of carbonyl (C=O) groups excluding carboxylic acids is 2. The van der Waals surface area contributed by atoms with E-state index in [9.17, 15) is 14.4 Å². The van der Waals surface area contributed by atoms with Crippen LogP contribution in [0.3, 0.4) is 0 Å². The lowest BCUT2D eigenvalue weighted by Gasteiger charge is -2.31. The third-order valence-electron chi connectivity index (χ3n) is 7.60. The number of nitrogens with one attached hydrogen (secondary N) is 2. The van der Waals surface area contributed by atoms with Crippen molar-refractivity contribution in [3.63, 3.8) is 0 Å². The van der Waals surface area contributed by atoms with Crippen LogP contribution in [0, 0.1) is 5.41 Å². The molecule has 0 aromatic carbocycles. The molecule has 0 bridgehead atoms. The summed E-state index contributed by atoms with van der Waals surface area (Å²) < 4.78 is 9.08. The minimum Gasteiger partial charge on any atom is -0.461 e. The van der Waals surface area contributed by atoms with Crippen molar-refractivity contribution in [1.29, 1.82) is 0 Å². The maximum absolute atomic E-state index is 13.8. The van der Waals surface area contributed by atoms with E-state index in [1.54, 1.807) is 42.7 Å². The highest BCUT2D eigenvalue weighted by molar-refractivity contribution is 6.06. The van der Waals surface area contributed by atoms with Crippen molar-refractivity contribution in [2.24, 2.45) is 12.5 Å². The van der Waals surface area contributed by atoms with Crippen LogP contribution in [0.25, 0.3) is 11.1 Å². The van der Waals surface area contributed by atoms with E-state index in [-0.39, 0.29) is 23.5 Å². The maximum atomic E-state index is 13.8. The average molecular weight is 542 g/mol. The zero-order valence-electron chi connectivity index (χ0n) is 22.9. The number of aryl methyl sites for hydroxylation is 1. The lowest BCUT2D eigenvalue weighted by Crippen LogP contribution is -2.41. The average Bonchev–Trinajstić information content (AvgIpc) is 3.60. The maximum Gasteiger partial charge on any atom is 0.302 e. The van der Waals surface area contributed by atoms with Gasteiger partial charge >= 0.3 is 5.97 Å². The number of nitrogens with zero attached hydrogens (tertiary/aromatic N) is 5.